The second-order valence-corrected chi connectivity index (χ2v) is 3.71. The molecule has 0 saturated heterocycles. The molecule has 0 aromatic heterocycles. The van der Waals surface area contributed by atoms with Crippen LogP contribution in [0.15, 0.2) is 17.3 Å². The van der Waals surface area contributed by atoms with Crippen molar-refractivity contribution in [2.75, 3.05) is 5.75 Å². The summed E-state index contributed by atoms with van der Waals surface area (Å²) in [6, 6.07) is -0.957. The van der Waals surface area contributed by atoms with E-state index in [0.717, 1.165) is 11.8 Å². The van der Waals surface area contributed by atoms with Crippen molar-refractivity contribution in [3.05, 3.63) is 12.3 Å². The maximum atomic E-state index is 11.2. The van der Waals surface area contributed by atoms with Crippen molar-refractivity contribution >= 4 is 28.6 Å². The average molecular weight is 214 g/mol. The van der Waals surface area contributed by atoms with Crippen LogP contribution in [0.4, 0.5) is 0 Å². The fourth-order valence-corrected chi connectivity index (χ4v) is 1.66. The predicted molar refractivity (Wildman–Crippen MR) is 54.3 cm³/mol. The van der Waals surface area contributed by atoms with E-state index in [0.29, 0.717) is 11.5 Å². The van der Waals surface area contributed by atoms with Gasteiger partial charge in [-0.05, 0) is 0 Å². The van der Waals surface area contributed by atoms with E-state index in [-0.39, 0.29) is 11.5 Å². The molecule has 1 aliphatic heterocycles. The summed E-state index contributed by atoms with van der Waals surface area (Å²) in [4.78, 5) is 25.4. The van der Waals surface area contributed by atoms with E-state index < -0.39 is 12.0 Å². The van der Waals surface area contributed by atoms with E-state index in [1.807, 2.05) is 0 Å². The molecule has 76 valence electrons. The number of rotatable bonds is 3. The molecule has 0 amide bonds. The van der Waals surface area contributed by atoms with Gasteiger partial charge in [0.2, 0.25) is 0 Å². The van der Waals surface area contributed by atoms with Gasteiger partial charge in [0.25, 0.3) is 0 Å². The van der Waals surface area contributed by atoms with Gasteiger partial charge >= 0.3 is 5.97 Å². The standard InChI is InChI=1S/C8H10N2O3S/c9-5(8(12)13)4-14-7-6(11)2-1-3-10-7/h1,3,5H,2,4,9H2,(H,12,13)/t5-/m0/s1. The minimum atomic E-state index is -1.07. The highest BCUT2D eigenvalue weighted by molar-refractivity contribution is 8.15. The Hall–Kier alpha value is -1.14. The van der Waals surface area contributed by atoms with E-state index in [1.54, 1.807) is 6.08 Å². The number of carboxylic acid groups (broad SMARTS) is 1. The summed E-state index contributed by atoms with van der Waals surface area (Å²) in [5.41, 5.74) is 5.27. The third-order valence-electron chi connectivity index (χ3n) is 1.56. The molecular formula is C8H10N2O3S. The van der Waals surface area contributed by atoms with Crippen molar-refractivity contribution < 1.29 is 14.7 Å². The van der Waals surface area contributed by atoms with E-state index in [4.69, 9.17) is 10.8 Å². The van der Waals surface area contributed by atoms with Gasteiger partial charge in [-0.2, -0.15) is 0 Å². The van der Waals surface area contributed by atoms with Gasteiger partial charge in [-0.1, -0.05) is 6.08 Å². The Labute approximate surface area is 85.1 Å². The molecule has 1 heterocycles. The van der Waals surface area contributed by atoms with Gasteiger partial charge < -0.3 is 10.8 Å². The zero-order valence-electron chi connectivity index (χ0n) is 7.34. The average Bonchev–Trinajstić information content (AvgIpc) is 2.16. The molecule has 0 spiro atoms. The minimum Gasteiger partial charge on any atom is -0.480 e. The molecule has 6 heteroatoms. The first-order valence-corrected chi connectivity index (χ1v) is 4.97. The summed E-state index contributed by atoms with van der Waals surface area (Å²) in [5, 5.41) is 8.84. The summed E-state index contributed by atoms with van der Waals surface area (Å²) < 4.78 is 0. The van der Waals surface area contributed by atoms with Gasteiger partial charge in [-0.25, -0.2) is 4.99 Å². The first-order chi connectivity index (χ1) is 6.61. The number of hydrogen-bond acceptors (Lipinski definition) is 5. The highest BCUT2D eigenvalue weighted by atomic mass is 32.2. The number of aliphatic imine (C=N–C) groups is 1. The lowest BCUT2D eigenvalue weighted by Crippen LogP contribution is -2.33. The number of carbonyl (C=O) groups excluding carboxylic acids is 1. The zero-order chi connectivity index (χ0) is 10.6. The number of carbonyl (C=O) groups is 2. The van der Waals surface area contributed by atoms with Crippen LogP contribution >= 0.6 is 11.8 Å². The van der Waals surface area contributed by atoms with Crippen LogP contribution < -0.4 is 5.73 Å². The molecule has 1 atom stereocenters. The van der Waals surface area contributed by atoms with Crippen LogP contribution in [0.5, 0.6) is 0 Å². The monoisotopic (exact) mass is 214 g/mol. The van der Waals surface area contributed by atoms with Gasteiger partial charge in [0.1, 0.15) is 11.1 Å². The van der Waals surface area contributed by atoms with Crippen LogP contribution in [0.1, 0.15) is 6.42 Å². The fraction of sp³-hybridized carbons (Fsp3) is 0.375. The minimum absolute atomic E-state index is 0.0879. The Kier molecular flexibility index (Phi) is 3.84. The summed E-state index contributed by atoms with van der Waals surface area (Å²) in [7, 11) is 0. The summed E-state index contributed by atoms with van der Waals surface area (Å²) in [5.74, 6) is -1.000. The van der Waals surface area contributed by atoms with Gasteiger partial charge in [0.15, 0.2) is 5.78 Å². The molecular weight excluding hydrogens is 204 g/mol. The Bertz CT molecular complexity index is 312. The first kappa shape index (κ1) is 10.9. The number of thioether (sulfide) groups is 1. The molecule has 0 aliphatic carbocycles. The lowest BCUT2D eigenvalue weighted by Gasteiger charge is -2.08. The third-order valence-corrected chi connectivity index (χ3v) is 2.69. The molecule has 0 bridgehead atoms. The second kappa shape index (κ2) is 4.92. The molecule has 0 aromatic carbocycles. The molecule has 0 unspecified atom stereocenters. The highest BCUT2D eigenvalue weighted by Crippen LogP contribution is 2.12. The molecule has 0 aromatic rings. The number of aliphatic carboxylic acids is 1. The molecule has 5 nitrogen and oxygen atoms in total. The molecule has 14 heavy (non-hydrogen) atoms. The molecule has 0 fully saturated rings. The van der Waals surface area contributed by atoms with E-state index in [2.05, 4.69) is 4.99 Å². The fourth-order valence-electron chi connectivity index (χ4n) is 0.797. The zero-order valence-corrected chi connectivity index (χ0v) is 8.16. The number of ketones is 1. The largest absolute Gasteiger partial charge is 0.480 e. The smallest absolute Gasteiger partial charge is 0.321 e. The van der Waals surface area contributed by atoms with Crippen molar-refractivity contribution in [1.29, 1.82) is 0 Å². The molecule has 1 rings (SSSR count). The predicted octanol–water partition coefficient (Wildman–Crippen LogP) is 0.0165. The number of allylic oxidation sites excluding steroid dienone is 1. The maximum Gasteiger partial charge on any atom is 0.321 e. The van der Waals surface area contributed by atoms with Crippen molar-refractivity contribution in [3.63, 3.8) is 0 Å². The first-order valence-electron chi connectivity index (χ1n) is 3.98. The lowest BCUT2D eigenvalue weighted by atomic mass is 10.3. The van der Waals surface area contributed by atoms with E-state index >= 15 is 0 Å². The number of Topliss-reactive ketones (excluding diaryl/α,β-unsaturated/α-hetero) is 1. The third kappa shape index (κ3) is 2.97. The van der Waals surface area contributed by atoms with Gasteiger partial charge in [0, 0.05) is 18.4 Å². The quantitative estimate of drug-likeness (QED) is 0.690. The van der Waals surface area contributed by atoms with Crippen LogP contribution in [-0.4, -0.2) is 33.7 Å². The van der Waals surface area contributed by atoms with Crippen molar-refractivity contribution in [1.82, 2.24) is 0 Å². The van der Waals surface area contributed by atoms with Crippen LogP contribution in [-0.2, 0) is 9.59 Å². The maximum absolute atomic E-state index is 11.2. The van der Waals surface area contributed by atoms with Gasteiger partial charge in [-0.15, -0.1) is 11.8 Å². The van der Waals surface area contributed by atoms with Crippen LogP contribution in [0, 0.1) is 0 Å². The van der Waals surface area contributed by atoms with E-state index in [9.17, 15) is 9.59 Å². The van der Waals surface area contributed by atoms with Crippen LogP contribution in [0.25, 0.3) is 0 Å². The SMILES string of the molecule is N[C@@H](CSC1=NC=CCC1=O)C(=O)O. The summed E-state index contributed by atoms with van der Waals surface area (Å²) in [6.45, 7) is 0. The molecule has 0 saturated carbocycles. The summed E-state index contributed by atoms with van der Waals surface area (Å²) in [6.07, 6.45) is 3.52. The Morgan fingerprint density at radius 2 is 2.50 bits per heavy atom. The topological polar surface area (TPSA) is 92.8 Å². The normalized spacial score (nSPS) is 17.8. The molecule has 0 radical (unpaired) electrons. The van der Waals surface area contributed by atoms with Crippen molar-refractivity contribution in [2.24, 2.45) is 10.7 Å². The van der Waals surface area contributed by atoms with Crippen LogP contribution in [0.2, 0.25) is 0 Å². The Balaban J connectivity index is 2.45. The number of nitrogens with zero attached hydrogens (tertiary/aromatic N) is 1. The van der Waals surface area contributed by atoms with Gasteiger partial charge in [0.05, 0.1) is 0 Å². The van der Waals surface area contributed by atoms with Crippen molar-refractivity contribution in [3.8, 4) is 0 Å². The Morgan fingerprint density at radius 1 is 1.79 bits per heavy atom. The molecule has 3 N–H and O–H groups in total. The van der Waals surface area contributed by atoms with Gasteiger partial charge in [-0.3, -0.25) is 9.59 Å². The Morgan fingerprint density at radius 3 is 3.07 bits per heavy atom. The van der Waals surface area contributed by atoms with E-state index in [1.165, 1.54) is 6.20 Å². The number of hydrogen-bond donors (Lipinski definition) is 2. The number of carboxylic acids is 1. The summed E-state index contributed by atoms with van der Waals surface area (Å²) >= 11 is 1.09. The highest BCUT2D eigenvalue weighted by Gasteiger charge is 2.17. The van der Waals surface area contributed by atoms with Crippen molar-refractivity contribution in [2.45, 2.75) is 12.5 Å². The lowest BCUT2D eigenvalue weighted by molar-refractivity contribution is -0.137. The van der Waals surface area contributed by atoms with Crippen LogP contribution in [0.3, 0.4) is 0 Å². The second-order valence-electron chi connectivity index (χ2n) is 2.70. The molecule has 1 aliphatic rings. The number of nitrogens with two attached hydrogens (primary N) is 1.